The lowest BCUT2D eigenvalue weighted by Crippen LogP contribution is -2.51. The summed E-state index contributed by atoms with van der Waals surface area (Å²) in [6.45, 7) is 12.1. The van der Waals surface area contributed by atoms with Crippen molar-refractivity contribution in [3.8, 4) is 0 Å². The van der Waals surface area contributed by atoms with E-state index in [0.717, 1.165) is 57.8 Å². The number of unbranched alkanes of at least 4 members (excludes halogenated alkanes) is 30. The van der Waals surface area contributed by atoms with E-state index >= 15 is 0 Å². The van der Waals surface area contributed by atoms with Crippen molar-refractivity contribution in [1.29, 1.82) is 0 Å². The van der Waals surface area contributed by atoms with Crippen molar-refractivity contribution in [3.05, 3.63) is 0 Å². The number of esters is 3. The summed E-state index contributed by atoms with van der Waals surface area (Å²) in [6.07, 6.45) is 39.2. The number of hydrogen-bond acceptors (Lipinski definition) is 7. The van der Waals surface area contributed by atoms with Crippen LogP contribution in [0, 0.1) is 0 Å². The van der Waals surface area contributed by atoms with Gasteiger partial charge in [0.05, 0.1) is 0 Å². The van der Waals surface area contributed by atoms with Crippen LogP contribution in [-0.2, 0) is 28.6 Å². The Balaban J connectivity index is 4.75. The molecule has 0 amide bonds. The lowest BCUT2D eigenvalue weighted by molar-refractivity contribution is -0.212. The summed E-state index contributed by atoms with van der Waals surface area (Å²) < 4.78 is 17.6. The van der Waals surface area contributed by atoms with Gasteiger partial charge in [-0.3, -0.25) is 14.4 Å². The molecule has 0 aliphatic rings. The summed E-state index contributed by atoms with van der Waals surface area (Å²) in [5.74, 6) is -0.813. The van der Waals surface area contributed by atoms with E-state index < -0.39 is 18.7 Å². The first kappa shape index (κ1) is 53.4. The first-order chi connectivity index (χ1) is 26.8. The average Bonchev–Trinajstić information content (AvgIpc) is 3.15. The van der Waals surface area contributed by atoms with Crippen LogP contribution in [0.25, 0.3) is 0 Å². The van der Waals surface area contributed by atoms with Crippen LogP contribution in [0.1, 0.15) is 273 Å². The molecule has 0 aromatic heterocycles. The number of carbonyl (C=O) groups is 3. The predicted octanol–water partition coefficient (Wildman–Crippen LogP) is 15.1. The molecule has 0 saturated carbocycles. The summed E-state index contributed by atoms with van der Waals surface area (Å²) in [6, 6.07) is 0. The summed E-state index contributed by atoms with van der Waals surface area (Å²) >= 11 is 0. The van der Waals surface area contributed by atoms with E-state index in [1.165, 1.54) is 154 Å². The minimum absolute atomic E-state index is 0.271. The van der Waals surface area contributed by atoms with Gasteiger partial charge in [0.1, 0.15) is 0 Å². The topological polar surface area (TPSA) is 82.1 Å². The van der Waals surface area contributed by atoms with Crippen molar-refractivity contribution in [1.82, 2.24) is 4.90 Å². The zero-order valence-electron chi connectivity index (χ0n) is 37.6. The van der Waals surface area contributed by atoms with E-state index in [4.69, 9.17) is 14.2 Å². The Morgan fingerprint density at radius 2 is 0.473 bits per heavy atom. The molecule has 7 nitrogen and oxygen atoms in total. The predicted molar refractivity (Wildman–Crippen MR) is 232 cm³/mol. The summed E-state index contributed by atoms with van der Waals surface area (Å²) in [5, 5.41) is 0. The molecule has 0 N–H and O–H groups in total. The van der Waals surface area contributed by atoms with Crippen LogP contribution in [0.5, 0.6) is 0 Å². The Morgan fingerprint density at radius 3 is 0.655 bits per heavy atom. The Bertz CT molecular complexity index is 756. The second-order valence-corrected chi connectivity index (χ2v) is 16.6. The molecule has 0 aromatic rings. The SMILES string of the molecule is CCCCCCCCCCCCCC(=O)OC(C)N(C(C)OC(=O)CCCCCCCCCCCCC)C(C)OC(=O)CCCCCCCCCCCCC. The molecule has 0 radical (unpaired) electrons. The van der Waals surface area contributed by atoms with Crippen LogP contribution in [0.2, 0.25) is 0 Å². The van der Waals surface area contributed by atoms with Gasteiger partial charge < -0.3 is 14.2 Å². The normalized spacial score (nSPS) is 13.1. The van der Waals surface area contributed by atoms with Gasteiger partial charge in [0.15, 0.2) is 18.7 Å². The monoisotopic (exact) mass is 780 g/mol. The highest BCUT2D eigenvalue weighted by molar-refractivity contribution is 5.70. The third-order valence-corrected chi connectivity index (χ3v) is 11.1. The molecule has 55 heavy (non-hydrogen) atoms. The molecule has 0 saturated heterocycles. The third-order valence-electron chi connectivity index (χ3n) is 11.1. The molecule has 0 heterocycles. The van der Waals surface area contributed by atoms with Gasteiger partial charge >= 0.3 is 17.9 Å². The highest BCUT2D eigenvalue weighted by atomic mass is 16.6. The highest BCUT2D eigenvalue weighted by Gasteiger charge is 2.32. The van der Waals surface area contributed by atoms with Crippen LogP contribution in [0.15, 0.2) is 0 Å². The molecular formula is C48H93NO6. The molecule has 326 valence electrons. The summed E-state index contributed by atoms with van der Waals surface area (Å²) in [7, 11) is 0. The van der Waals surface area contributed by atoms with Gasteiger partial charge in [-0.15, -0.1) is 0 Å². The molecule has 0 rings (SSSR count). The average molecular weight is 780 g/mol. The van der Waals surface area contributed by atoms with Gasteiger partial charge in [-0.1, -0.05) is 213 Å². The van der Waals surface area contributed by atoms with Crippen molar-refractivity contribution in [3.63, 3.8) is 0 Å². The Kier molecular flexibility index (Phi) is 39.4. The zero-order valence-corrected chi connectivity index (χ0v) is 37.6. The fourth-order valence-electron chi connectivity index (χ4n) is 7.62. The molecular weight excluding hydrogens is 687 g/mol. The molecule has 0 aliphatic heterocycles. The minimum Gasteiger partial charge on any atom is -0.446 e. The van der Waals surface area contributed by atoms with Crippen molar-refractivity contribution >= 4 is 17.9 Å². The highest BCUT2D eigenvalue weighted by Crippen LogP contribution is 2.20. The van der Waals surface area contributed by atoms with Gasteiger partial charge in [-0.2, -0.15) is 4.90 Å². The van der Waals surface area contributed by atoms with Gasteiger partial charge in [0.2, 0.25) is 0 Å². The molecule has 0 fully saturated rings. The van der Waals surface area contributed by atoms with Gasteiger partial charge in [-0.05, 0) is 40.0 Å². The molecule has 0 bridgehead atoms. The maximum Gasteiger partial charge on any atom is 0.307 e. The summed E-state index contributed by atoms with van der Waals surface area (Å²) in [5.41, 5.74) is 0. The van der Waals surface area contributed by atoms with Gasteiger partial charge in [0, 0.05) is 19.3 Å². The van der Waals surface area contributed by atoms with E-state index in [2.05, 4.69) is 20.8 Å². The first-order valence-electron chi connectivity index (χ1n) is 24.1. The Morgan fingerprint density at radius 1 is 0.309 bits per heavy atom. The van der Waals surface area contributed by atoms with Crippen LogP contribution in [0.4, 0.5) is 0 Å². The van der Waals surface area contributed by atoms with Crippen molar-refractivity contribution in [2.75, 3.05) is 0 Å². The van der Waals surface area contributed by atoms with Crippen LogP contribution >= 0.6 is 0 Å². The van der Waals surface area contributed by atoms with Crippen LogP contribution < -0.4 is 0 Å². The minimum atomic E-state index is -0.713. The molecule has 0 aromatic carbocycles. The van der Waals surface area contributed by atoms with Gasteiger partial charge in [0.25, 0.3) is 0 Å². The maximum absolute atomic E-state index is 12.9. The zero-order chi connectivity index (χ0) is 40.6. The number of ether oxygens (including phenoxy) is 3. The summed E-state index contributed by atoms with van der Waals surface area (Å²) in [4.78, 5) is 40.4. The maximum atomic E-state index is 12.9. The largest absolute Gasteiger partial charge is 0.446 e. The van der Waals surface area contributed by atoms with Crippen molar-refractivity contribution in [2.24, 2.45) is 0 Å². The van der Waals surface area contributed by atoms with E-state index in [1.54, 1.807) is 25.7 Å². The second kappa shape index (κ2) is 40.6. The quantitative estimate of drug-likeness (QED) is 0.0264. The number of nitrogens with zero attached hydrogens (tertiary/aromatic N) is 1. The fourth-order valence-corrected chi connectivity index (χ4v) is 7.62. The number of carbonyl (C=O) groups excluding carboxylic acids is 3. The van der Waals surface area contributed by atoms with Crippen LogP contribution in [-0.4, -0.2) is 41.5 Å². The fraction of sp³-hybridized carbons (Fsp3) is 0.938. The van der Waals surface area contributed by atoms with Gasteiger partial charge in [-0.25, -0.2) is 0 Å². The van der Waals surface area contributed by atoms with Crippen molar-refractivity contribution in [2.45, 2.75) is 291 Å². The number of rotatable bonds is 42. The van der Waals surface area contributed by atoms with Crippen LogP contribution in [0.3, 0.4) is 0 Å². The van der Waals surface area contributed by atoms with E-state index in [1.807, 2.05) is 0 Å². The first-order valence-corrected chi connectivity index (χ1v) is 24.1. The number of hydrogen-bond donors (Lipinski definition) is 0. The van der Waals surface area contributed by atoms with E-state index in [0.29, 0.717) is 19.3 Å². The Labute approximate surface area is 341 Å². The molecule has 0 spiro atoms. The van der Waals surface area contributed by atoms with E-state index in [-0.39, 0.29) is 17.9 Å². The lowest BCUT2D eigenvalue weighted by atomic mass is 10.1. The second-order valence-electron chi connectivity index (χ2n) is 16.6. The molecule has 7 heteroatoms. The molecule has 3 unspecified atom stereocenters. The lowest BCUT2D eigenvalue weighted by Gasteiger charge is -2.37. The van der Waals surface area contributed by atoms with Crippen molar-refractivity contribution < 1.29 is 28.6 Å². The third kappa shape index (κ3) is 35.3. The smallest absolute Gasteiger partial charge is 0.307 e. The van der Waals surface area contributed by atoms with E-state index in [9.17, 15) is 14.4 Å². The Hall–Kier alpha value is -1.63. The molecule has 3 atom stereocenters. The molecule has 0 aliphatic carbocycles. The standard InChI is InChI=1S/C48H93NO6/c1-7-10-13-16-19-22-25-28-31-34-37-40-46(50)53-43(4)49(44(5)54-47(51)41-38-35-32-29-26-23-20-17-14-11-8-2)45(6)55-48(52)42-39-36-33-30-27-24-21-18-15-12-9-3/h43-45H,7-42H2,1-6H3.